The van der Waals surface area contributed by atoms with Gasteiger partial charge >= 0.3 is 5.97 Å². The zero-order valence-corrected chi connectivity index (χ0v) is 12.4. The number of halogens is 1. The fourth-order valence-corrected chi connectivity index (χ4v) is 2.52. The van der Waals surface area contributed by atoms with Crippen molar-refractivity contribution in [1.29, 1.82) is 0 Å². The molecule has 19 heavy (non-hydrogen) atoms. The predicted octanol–water partition coefficient (Wildman–Crippen LogP) is 2.32. The Kier molecular flexibility index (Phi) is 4.08. The van der Waals surface area contributed by atoms with E-state index in [1.807, 2.05) is 42.1 Å². The Morgan fingerprint density at radius 2 is 2.11 bits per heavy atom. The maximum absolute atomic E-state index is 11.2. The second-order valence-corrected chi connectivity index (χ2v) is 5.28. The summed E-state index contributed by atoms with van der Waals surface area (Å²) < 4.78 is 1.58. The quantitative estimate of drug-likeness (QED) is 0.492. The van der Waals surface area contributed by atoms with Crippen molar-refractivity contribution in [3.05, 3.63) is 36.0 Å². The summed E-state index contributed by atoms with van der Waals surface area (Å²) in [6.45, 7) is 0. The molecular weight excluding hydrogens is 359 g/mol. The summed E-state index contributed by atoms with van der Waals surface area (Å²) in [6, 6.07) is 6.88. The molecule has 1 aromatic carbocycles. The Hall–Kier alpha value is -1.57. The number of benzene rings is 1. The first kappa shape index (κ1) is 13.9. The third-order valence-electron chi connectivity index (χ3n) is 2.99. The third kappa shape index (κ3) is 3.06. The number of fused-ring (bicyclic) bond motifs is 1. The first-order valence-corrected chi connectivity index (χ1v) is 6.78. The smallest absolute Gasteiger partial charge is 0.326 e. The maximum Gasteiger partial charge on any atom is 0.326 e. The molecule has 0 aliphatic heterocycles. The number of para-hydroxylation sites is 1. The van der Waals surface area contributed by atoms with Crippen LogP contribution in [0.3, 0.4) is 0 Å². The summed E-state index contributed by atoms with van der Waals surface area (Å²) in [5, 5.41) is 12.6. The number of aromatic nitrogens is 1. The van der Waals surface area contributed by atoms with E-state index in [-0.39, 0.29) is 10.3 Å². The molecule has 0 fully saturated rings. The molecule has 0 radical (unpaired) electrons. The van der Waals surface area contributed by atoms with Crippen LogP contribution in [-0.4, -0.2) is 25.6 Å². The van der Waals surface area contributed by atoms with E-state index in [0.717, 1.165) is 16.5 Å². The van der Waals surface area contributed by atoms with Crippen molar-refractivity contribution in [3.63, 3.8) is 0 Å². The van der Waals surface area contributed by atoms with Crippen LogP contribution >= 0.6 is 22.6 Å². The zero-order valence-electron chi connectivity index (χ0n) is 10.3. The number of carbonyl (C=O) groups excluding carboxylic acids is 1. The van der Waals surface area contributed by atoms with Gasteiger partial charge < -0.3 is 15.0 Å². The number of amides is 1. The molecule has 1 aromatic heterocycles. The molecule has 0 saturated carbocycles. The number of hydrogen-bond acceptors (Lipinski definition) is 2. The van der Waals surface area contributed by atoms with Crippen molar-refractivity contribution >= 4 is 43.4 Å². The van der Waals surface area contributed by atoms with E-state index < -0.39 is 12.0 Å². The molecule has 0 unspecified atom stereocenters. The minimum atomic E-state index is -1.03. The number of rotatable bonds is 4. The number of aliphatic carboxylic acids is 1. The molecule has 1 amide bonds. The van der Waals surface area contributed by atoms with Gasteiger partial charge in [0, 0.05) is 53.2 Å². The number of carbonyl (C=O) groups is 2. The third-order valence-corrected chi connectivity index (χ3v) is 3.30. The Morgan fingerprint density at radius 1 is 1.42 bits per heavy atom. The van der Waals surface area contributed by atoms with Crippen LogP contribution in [0.4, 0.5) is 4.79 Å². The average molecular weight is 372 g/mol. The molecule has 0 spiro atoms. The van der Waals surface area contributed by atoms with E-state index in [4.69, 9.17) is 5.11 Å². The molecule has 5 nitrogen and oxygen atoms in total. The van der Waals surface area contributed by atoms with Gasteiger partial charge in [0.25, 0.3) is 3.91 Å². The summed E-state index contributed by atoms with van der Waals surface area (Å²) in [6.07, 6.45) is 2.17. The molecule has 100 valence electrons. The fourth-order valence-electron chi connectivity index (χ4n) is 2.15. The van der Waals surface area contributed by atoms with Gasteiger partial charge in [-0.25, -0.2) is 4.79 Å². The summed E-state index contributed by atoms with van der Waals surface area (Å²) >= 11 is 1.54. The van der Waals surface area contributed by atoms with Gasteiger partial charge in [0.15, 0.2) is 0 Å². The predicted molar refractivity (Wildman–Crippen MR) is 80.6 cm³/mol. The zero-order chi connectivity index (χ0) is 14.0. The lowest BCUT2D eigenvalue weighted by Gasteiger charge is -2.11. The molecule has 0 bridgehead atoms. The highest BCUT2D eigenvalue weighted by atomic mass is 127. The Balaban J connectivity index is 2.34. The number of hydrogen-bond donors (Lipinski definition) is 2. The first-order chi connectivity index (χ1) is 8.99. The van der Waals surface area contributed by atoms with E-state index in [9.17, 15) is 9.59 Å². The topological polar surface area (TPSA) is 71.3 Å². The maximum atomic E-state index is 11.2. The van der Waals surface area contributed by atoms with Crippen molar-refractivity contribution in [3.8, 4) is 0 Å². The van der Waals surface area contributed by atoms with E-state index in [1.54, 1.807) is 0 Å². The van der Waals surface area contributed by atoms with Gasteiger partial charge in [-0.1, -0.05) is 18.2 Å². The average Bonchev–Trinajstić information content (AvgIpc) is 2.66. The highest BCUT2D eigenvalue weighted by Crippen LogP contribution is 2.21. The molecule has 2 N–H and O–H groups in total. The van der Waals surface area contributed by atoms with Crippen molar-refractivity contribution in [2.75, 3.05) is 0 Å². The lowest BCUT2D eigenvalue weighted by Crippen LogP contribution is -2.39. The largest absolute Gasteiger partial charge is 0.480 e. The summed E-state index contributed by atoms with van der Waals surface area (Å²) in [4.78, 5) is 22.2. The molecule has 0 aliphatic rings. The van der Waals surface area contributed by atoms with E-state index in [0.29, 0.717) is 0 Å². The molecular formula is C13H13IN2O3. The van der Waals surface area contributed by atoms with Crippen molar-refractivity contribution < 1.29 is 14.7 Å². The summed E-state index contributed by atoms with van der Waals surface area (Å²) in [7, 11) is 1.92. The standard InChI is InChI=1S/C13H13IN2O3/c1-16-7-8(9-4-2-3-5-11(9)16)6-10(12(17)18)15-13(14)19/h2-5,7,10H,6H2,1H3,(H,15,19)(H,17,18)/t10-/m1/s1. The summed E-state index contributed by atoms with van der Waals surface area (Å²) in [5.41, 5.74) is 1.96. The van der Waals surface area contributed by atoms with Gasteiger partial charge in [0.05, 0.1) is 0 Å². The molecule has 1 atom stereocenters. The van der Waals surface area contributed by atoms with Crippen LogP contribution in [0, 0.1) is 0 Å². The van der Waals surface area contributed by atoms with Gasteiger partial charge in [0.2, 0.25) is 0 Å². The molecule has 0 aliphatic carbocycles. The second-order valence-electron chi connectivity index (χ2n) is 4.30. The summed E-state index contributed by atoms with van der Waals surface area (Å²) in [5.74, 6) is -1.03. The molecule has 2 aromatic rings. The van der Waals surface area contributed by atoms with Crippen LogP contribution < -0.4 is 5.32 Å². The van der Waals surface area contributed by atoms with Crippen molar-refractivity contribution in [2.24, 2.45) is 7.05 Å². The Bertz CT molecular complexity index is 636. The van der Waals surface area contributed by atoms with Gasteiger partial charge in [-0.2, -0.15) is 0 Å². The lowest BCUT2D eigenvalue weighted by molar-refractivity contribution is -0.139. The molecule has 2 rings (SSSR count). The van der Waals surface area contributed by atoms with Crippen LogP contribution in [0.25, 0.3) is 10.9 Å². The minimum absolute atomic E-state index is 0.269. The van der Waals surface area contributed by atoms with Crippen LogP contribution in [0.1, 0.15) is 5.56 Å². The Labute approximate surface area is 123 Å². The minimum Gasteiger partial charge on any atom is -0.480 e. The lowest BCUT2D eigenvalue weighted by atomic mass is 10.1. The molecule has 1 heterocycles. The highest BCUT2D eigenvalue weighted by Gasteiger charge is 2.21. The normalized spacial score (nSPS) is 12.3. The number of nitrogens with zero attached hydrogens (tertiary/aromatic N) is 1. The first-order valence-electron chi connectivity index (χ1n) is 5.71. The van der Waals surface area contributed by atoms with Crippen molar-refractivity contribution in [2.45, 2.75) is 12.5 Å². The van der Waals surface area contributed by atoms with Gasteiger partial charge in [-0.05, 0) is 11.6 Å². The van der Waals surface area contributed by atoms with E-state index >= 15 is 0 Å². The van der Waals surface area contributed by atoms with Gasteiger partial charge in [0.1, 0.15) is 6.04 Å². The van der Waals surface area contributed by atoms with Crippen LogP contribution in [0.15, 0.2) is 30.5 Å². The Morgan fingerprint density at radius 3 is 2.74 bits per heavy atom. The van der Waals surface area contributed by atoms with Gasteiger partial charge in [-0.3, -0.25) is 4.79 Å². The SMILES string of the molecule is Cn1cc(C[C@@H](NC(=O)I)C(=O)O)c2ccccc21. The molecule has 6 heteroatoms. The monoisotopic (exact) mass is 372 g/mol. The fraction of sp³-hybridized carbons (Fsp3) is 0.231. The second kappa shape index (κ2) is 5.60. The number of nitrogens with one attached hydrogen (secondary N) is 1. The number of carboxylic acid groups (broad SMARTS) is 1. The van der Waals surface area contributed by atoms with Crippen LogP contribution in [-0.2, 0) is 18.3 Å². The number of aryl methyl sites for hydroxylation is 1. The van der Waals surface area contributed by atoms with E-state index in [2.05, 4.69) is 5.32 Å². The number of carboxylic acids is 1. The van der Waals surface area contributed by atoms with Crippen molar-refractivity contribution in [1.82, 2.24) is 9.88 Å². The molecule has 0 saturated heterocycles. The van der Waals surface area contributed by atoms with Crippen LogP contribution in [0.2, 0.25) is 0 Å². The highest BCUT2D eigenvalue weighted by molar-refractivity contribution is 14.1. The van der Waals surface area contributed by atoms with Gasteiger partial charge in [-0.15, -0.1) is 0 Å². The van der Waals surface area contributed by atoms with E-state index in [1.165, 1.54) is 22.6 Å². The van der Waals surface area contributed by atoms with Crippen LogP contribution in [0.5, 0.6) is 0 Å².